The van der Waals surface area contributed by atoms with E-state index in [1.807, 2.05) is 7.05 Å². The van der Waals surface area contributed by atoms with Crippen molar-refractivity contribution in [2.45, 2.75) is 43.7 Å². The first kappa shape index (κ1) is 24.1. The summed E-state index contributed by atoms with van der Waals surface area (Å²) in [4.78, 5) is 12.0. The monoisotopic (exact) mass is 508 g/mol. The summed E-state index contributed by atoms with van der Waals surface area (Å²) in [5.74, 6) is 0.940. The van der Waals surface area contributed by atoms with Gasteiger partial charge in [-0.3, -0.25) is 14.8 Å². The fraction of sp³-hybridized carbons (Fsp3) is 0.950. The summed E-state index contributed by atoms with van der Waals surface area (Å²) in [7, 11) is 6.32. The zero-order valence-electron chi connectivity index (χ0n) is 18.1. The van der Waals surface area contributed by atoms with E-state index in [2.05, 4.69) is 44.4 Å². The van der Waals surface area contributed by atoms with Crippen molar-refractivity contribution in [3.05, 3.63) is 0 Å². The fourth-order valence-electron chi connectivity index (χ4n) is 4.86. The van der Waals surface area contributed by atoms with Crippen LogP contribution < -0.4 is 10.6 Å². The van der Waals surface area contributed by atoms with Gasteiger partial charge in [0.1, 0.15) is 0 Å². The van der Waals surface area contributed by atoms with Crippen LogP contribution >= 0.6 is 24.0 Å². The van der Waals surface area contributed by atoms with E-state index in [4.69, 9.17) is 4.74 Å². The molecule has 1 atom stereocenters. The zero-order valence-corrected chi connectivity index (χ0v) is 20.4. The smallest absolute Gasteiger partial charge is 0.191 e. The highest BCUT2D eigenvalue weighted by Gasteiger charge is 2.38. The molecule has 3 fully saturated rings. The predicted molar refractivity (Wildman–Crippen MR) is 127 cm³/mol. The predicted octanol–water partition coefficient (Wildman–Crippen LogP) is 1.05. The molecule has 8 heteroatoms. The molecule has 0 spiro atoms. The van der Waals surface area contributed by atoms with E-state index in [9.17, 15) is 0 Å². The molecule has 1 unspecified atom stereocenters. The third-order valence-electron chi connectivity index (χ3n) is 6.76. The van der Waals surface area contributed by atoms with Crippen LogP contribution in [0.15, 0.2) is 4.99 Å². The van der Waals surface area contributed by atoms with Crippen LogP contribution in [0.2, 0.25) is 0 Å². The van der Waals surface area contributed by atoms with Crippen LogP contribution in [0.3, 0.4) is 0 Å². The SMILES string of the molecule is CN=C(NCC1CN(C)CCN1C)NCC1(N2CCOCC2)CCCCC1.I. The largest absolute Gasteiger partial charge is 0.379 e. The lowest BCUT2D eigenvalue weighted by atomic mass is 9.80. The van der Waals surface area contributed by atoms with Gasteiger partial charge >= 0.3 is 0 Å². The second kappa shape index (κ2) is 11.9. The maximum atomic E-state index is 5.60. The number of likely N-dealkylation sites (N-methyl/N-ethyl adjacent to an activating group) is 2. The third-order valence-corrected chi connectivity index (χ3v) is 6.76. The summed E-state index contributed by atoms with van der Waals surface area (Å²) in [5, 5.41) is 7.24. The first-order valence-electron chi connectivity index (χ1n) is 10.8. The minimum Gasteiger partial charge on any atom is -0.379 e. The molecular formula is C20H41IN6O. The number of morpholine rings is 1. The molecule has 0 aromatic rings. The number of hydrogen-bond donors (Lipinski definition) is 2. The van der Waals surface area contributed by atoms with Gasteiger partial charge < -0.3 is 20.3 Å². The normalized spacial score (nSPS) is 27.8. The van der Waals surface area contributed by atoms with Crippen LogP contribution in [0.25, 0.3) is 0 Å². The lowest BCUT2D eigenvalue weighted by Gasteiger charge is -2.48. The van der Waals surface area contributed by atoms with Crippen LogP contribution in [-0.2, 0) is 4.74 Å². The Balaban J connectivity index is 0.00000280. The zero-order chi connectivity index (χ0) is 19.1. The van der Waals surface area contributed by atoms with Crippen molar-refractivity contribution < 1.29 is 4.74 Å². The minimum atomic E-state index is 0. The molecule has 1 saturated carbocycles. The first-order valence-corrected chi connectivity index (χ1v) is 10.8. The van der Waals surface area contributed by atoms with E-state index in [1.165, 1.54) is 32.1 Å². The summed E-state index contributed by atoms with van der Waals surface area (Å²) >= 11 is 0. The van der Waals surface area contributed by atoms with Crippen molar-refractivity contribution in [2.24, 2.45) is 4.99 Å². The van der Waals surface area contributed by atoms with Crippen molar-refractivity contribution in [1.82, 2.24) is 25.3 Å². The number of nitrogens with zero attached hydrogens (tertiary/aromatic N) is 4. The average Bonchev–Trinajstić information content (AvgIpc) is 2.72. The van der Waals surface area contributed by atoms with Gasteiger partial charge in [0.15, 0.2) is 5.96 Å². The van der Waals surface area contributed by atoms with E-state index < -0.39 is 0 Å². The van der Waals surface area contributed by atoms with Crippen molar-refractivity contribution in [3.63, 3.8) is 0 Å². The van der Waals surface area contributed by atoms with Gasteiger partial charge in [-0.05, 0) is 26.9 Å². The van der Waals surface area contributed by atoms with Crippen molar-refractivity contribution in [2.75, 3.05) is 80.2 Å². The van der Waals surface area contributed by atoms with Crippen LogP contribution in [0.5, 0.6) is 0 Å². The molecule has 2 heterocycles. The molecular weight excluding hydrogens is 467 g/mol. The Bertz CT molecular complexity index is 479. The molecule has 28 heavy (non-hydrogen) atoms. The Morgan fingerprint density at radius 1 is 1.04 bits per heavy atom. The first-order chi connectivity index (χ1) is 13.1. The van der Waals surface area contributed by atoms with Crippen LogP contribution in [0.4, 0.5) is 0 Å². The number of ether oxygens (including phenoxy) is 1. The highest BCUT2D eigenvalue weighted by atomic mass is 127. The van der Waals surface area contributed by atoms with Gasteiger partial charge in [0, 0.05) is 64.4 Å². The third kappa shape index (κ3) is 6.42. The molecule has 2 aliphatic heterocycles. The van der Waals surface area contributed by atoms with E-state index in [0.29, 0.717) is 6.04 Å². The van der Waals surface area contributed by atoms with Crippen LogP contribution in [0.1, 0.15) is 32.1 Å². The molecule has 7 nitrogen and oxygen atoms in total. The summed E-state index contributed by atoms with van der Waals surface area (Å²) in [6.07, 6.45) is 6.62. The molecule has 3 rings (SSSR count). The van der Waals surface area contributed by atoms with E-state index in [-0.39, 0.29) is 29.5 Å². The number of halogens is 1. The molecule has 1 aliphatic carbocycles. The number of piperazine rings is 1. The molecule has 0 radical (unpaired) electrons. The Hall–Kier alpha value is -0.160. The second-order valence-electron chi connectivity index (χ2n) is 8.59. The molecule has 2 N–H and O–H groups in total. The standard InChI is InChI=1S/C20H40N6O.HI/c1-21-19(22-15-18-16-24(2)9-10-25(18)3)23-17-20(7-5-4-6-8-20)26-11-13-27-14-12-26;/h18H,4-17H2,1-3H3,(H2,21,22,23);1H. The summed E-state index contributed by atoms with van der Waals surface area (Å²) < 4.78 is 5.60. The Labute approximate surface area is 188 Å². The van der Waals surface area contributed by atoms with Crippen LogP contribution in [0, 0.1) is 0 Å². The molecule has 164 valence electrons. The van der Waals surface area contributed by atoms with Gasteiger partial charge in [-0.2, -0.15) is 0 Å². The fourth-order valence-corrected chi connectivity index (χ4v) is 4.86. The summed E-state index contributed by atoms with van der Waals surface area (Å²) in [6, 6.07) is 0.533. The Morgan fingerprint density at radius 2 is 1.75 bits per heavy atom. The van der Waals surface area contributed by atoms with Gasteiger partial charge in [-0.1, -0.05) is 19.3 Å². The number of nitrogens with one attached hydrogen (secondary N) is 2. The van der Waals surface area contributed by atoms with Crippen molar-refractivity contribution in [3.8, 4) is 0 Å². The van der Waals surface area contributed by atoms with Gasteiger partial charge in [-0.25, -0.2) is 0 Å². The van der Waals surface area contributed by atoms with Gasteiger partial charge in [0.25, 0.3) is 0 Å². The molecule has 0 aromatic carbocycles. The van der Waals surface area contributed by atoms with Gasteiger partial charge in [0.05, 0.1) is 13.2 Å². The van der Waals surface area contributed by atoms with E-state index in [0.717, 1.165) is 65.0 Å². The maximum Gasteiger partial charge on any atom is 0.191 e. The van der Waals surface area contributed by atoms with Crippen molar-refractivity contribution in [1.29, 1.82) is 0 Å². The number of guanidine groups is 1. The van der Waals surface area contributed by atoms with E-state index in [1.54, 1.807) is 0 Å². The summed E-state index contributed by atoms with van der Waals surface area (Å²) in [5.41, 5.74) is 0.265. The van der Waals surface area contributed by atoms with Crippen LogP contribution in [-0.4, -0.2) is 112 Å². The Kier molecular flexibility index (Phi) is 10.2. The second-order valence-corrected chi connectivity index (χ2v) is 8.59. The molecule has 2 saturated heterocycles. The topological polar surface area (TPSA) is 55.4 Å². The van der Waals surface area contributed by atoms with Gasteiger partial charge in [0.2, 0.25) is 0 Å². The van der Waals surface area contributed by atoms with E-state index >= 15 is 0 Å². The quantitative estimate of drug-likeness (QED) is 0.329. The highest BCUT2D eigenvalue weighted by Crippen LogP contribution is 2.33. The maximum absolute atomic E-state index is 5.60. The molecule has 0 aromatic heterocycles. The Morgan fingerprint density at radius 3 is 2.43 bits per heavy atom. The van der Waals surface area contributed by atoms with Crippen molar-refractivity contribution >= 4 is 29.9 Å². The molecule has 0 amide bonds. The number of rotatable bonds is 5. The highest BCUT2D eigenvalue weighted by molar-refractivity contribution is 14.0. The molecule has 3 aliphatic rings. The summed E-state index contributed by atoms with van der Waals surface area (Å²) in [6.45, 7) is 9.18. The lowest BCUT2D eigenvalue weighted by Crippen LogP contribution is -2.61. The average molecular weight is 508 g/mol. The molecule has 0 bridgehead atoms. The lowest BCUT2D eigenvalue weighted by molar-refractivity contribution is -0.0352. The number of aliphatic imine (C=N–C) groups is 1. The number of hydrogen-bond acceptors (Lipinski definition) is 5. The van der Waals surface area contributed by atoms with Gasteiger partial charge in [-0.15, -0.1) is 24.0 Å². The minimum absolute atomic E-state index is 0.